The van der Waals surface area contributed by atoms with E-state index >= 15 is 0 Å². The molecule has 4 heteroatoms. The Labute approximate surface area is 154 Å². The van der Waals surface area contributed by atoms with Gasteiger partial charge in [0.05, 0.1) is 11.0 Å². The molecule has 3 aromatic rings. The highest BCUT2D eigenvalue weighted by Crippen LogP contribution is 2.33. The van der Waals surface area contributed by atoms with Crippen molar-refractivity contribution in [2.24, 2.45) is 5.92 Å². The van der Waals surface area contributed by atoms with Gasteiger partial charge in [-0.05, 0) is 30.2 Å². The van der Waals surface area contributed by atoms with Gasteiger partial charge >= 0.3 is 0 Å². The van der Waals surface area contributed by atoms with Crippen molar-refractivity contribution < 1.29 is 4.79 Å². The summed E-state index contributed by atoms with van der Waals surface area (Å²) in [5.74, 6) is 1.95. The van der Waals surface area contributed by atoms with Crippen LogP contribution in [0, 0.1) is 5.92 Å². The molecule has 0 bridgehead atoms. The van der Waals surface area contributed by atoms with Crippen LogP contribution in [0.25, 0.3) is 11.0 Å². The number of nitrogens with zero attached hydrogens (tertiary/aromatic N) is 3. The Morgan fingerprint density at radius 1 is 1.12 bits per heavy atom. The predicted molar refractivity (Wildman–Crippen MR) is 105 cm³/mol. The number of benzene rings is 2. The van der Waals surface area contributed by atoms with Gasteiger partial charge in [0, 0.05) is 31.1 Å². The third-order valence-corrected chi connectivity index (χ3v) is 5.43. The molecule has 2 aromatic carbocycles. The molecule has 2 atom stereocenters. The standard InChI is InChI=1S/C22H25N3O/c1-3-16(2)14-25-20-12-8-7-11-19(20)23-22(25)17-13-21(26)24(15-17)18-9-5-4-6-10-18/h4-12,16-17H,3,13-15H2,1-2H3. The van der Waals surface area contributed by atoms with Crippen LogP contribution in [0.3, 0.4) is 0 Å². The fourth-order valence-corrected chi connectivity index (χ4v) is 3.78. The van der Waals surface area contributed by atoms with E-state index in [-0.39, 0.29) is 11.8 Å². The number of aromatic nitrogens is 2. The molecule has 0 saturated carbocycles. The molecule has 0 spiro atoms. The Morgan fingerprint density at radius 3 is 2.62 bits per heavy atom. The van der Waals surface area contributed by atoms with Gasteiger partial charge in [-0.25, -0.2) is 4.98 Å². The summed E-state index contributed by atoms with van der Waals surface area (Å²) in [5.41, 5.74) is 3.18. The van der Waals surface area contributed by atoms with Gasteiger partial charge in [-0.1, -0.05) is 50.6 Å². The number of imidazole rings is 1. The maximum absolute atomic E-state index is 12.7. The Hall–Kier alpha value is -2.62. The largest absolute Gasteiger partial charge is 0.327 e. The number of carbonyl (C=O) groups excluding carboxylic acids is 1. The van der Waals surface area contributed by atoms with E-state index in [0.29, 0.717) is 18.9 Å². The molecule has 0 N–H and O–H groups in total. The summed E-state index contributed by atoms with van der Waals surface area (Å²) in [5, 5.41) is 0. The minimum absolute atomic E-state index is 0.138. The lowest BCUT2D eigenvalue weighted by Crippen LogP contribution is -2.24. The number of para-hydroxylation sites is 3. The highest BCUT2D eigenvalue weighted by atomic mass is 16.2. The summed E-state index contributed by atoms with van der Waals surface area (Å²) >= 11 is 0. The summed E-state index contributed by atoms with van der Waals surface area (Å²) in [4.78, 5) is 19.5. The first-order valence-corrected chi connectivity index (χ1v) is 9.48. The first kappa shape index (κ1) is 16.8. The first-order chi connectivity index (χ1) is 12.7. The zero-order valence-corrected chi connectivity index (χ0v) is 15.4. The van der Waals surface area contributed by atoms with Crippen molar-refractivity contribution in [2.75, 3.05) is 11.4 Å². The van der Waals surface area contributed by atoms with Crippen LogP contribution in [-0.2, 0) is 11.3 Å². The fourth-order valence-electron chi connectivity index (χ4n) is 3.78. The van der Waals surface area contributed by atoms with E-state index in [0.717, 1.165) is 30.0 Å². The number of hydrogen-bond acceptors (Lipinski definition) is 2. The molecular weight excluding hydrogens is 322 g/mol. The van der Waals surface area contributed by atoms with Crippen molar-refractivity contribution in [1.82, 2.24) is 9.55 Å². The van der Waals surface area contributed by atoms with E-state index in [4.69, 9.17) is 4.98 Å². The second kappa shape index (κ2) is 6.94. The SMILES string of the molecule is CCC(C)Cn1c(C2CC(=O)N(c3ccccc3)C2)nc2ccccc21. The predicted octanol–water partition coefficient (Wildman–Crippen LogP) is 4.60. The second-order valence-electron chi connectivity index (χ2n) is 7.32. The van der Waals surface area contributed by atoms with Gasteiger partial charge in [-0.15, -0.1) is 0 Å². The molecule has 0 radical (unpaired) electrons. The summed E-state index contributed by atoms with van der Waals surface area (Å²) in [6.45, 7) is 6.14. The van der Waals surface area contributed by atoms with Crippen molar-refractivity contribution in [2.45, 2.75) is 39.2 Å². The Kier molecular flexibility index (Phi) is 4.49. The van der Waals surface area contributed by atoms with Crippen LogP contribution in [0.4, 0.5) is 5.69 Å². The highest BCUT2D eigenvalue weighted by molar-refractivity contribution is 5.96. The fraction of sp³-hybridized carbons (Fsp3) is 0.364. The molecule has 1 fully saturated rings. The van der Waals surface area contributed by atoms with E-state index in [1.54, 1.807) is 0 Å². The topological polar surface area (TPSA) is 38.1 Å². The maximum atomic E-state index is 12.7. The van der Waals surface area contributed by atoms with E-state index in [1.165, 1.54) is 5.52 Å². The van der Waals surface area contributed by atoms with Crippen molar-refractivity contribution in [3.05, 3.63) is 60.4 Å². The molecule has 134 valence electrons. The van der Waals surface area contributed by atoms with Gasteiger partial charge in [0.2, 0.25) is 5.91 Å². The Morgan fingerprint density at radius 2 is 1.85 bits per heavy atom. The van der Waals surface area contributed by atoms with Gasteiger partial charge in [0.25, 0.3) is 0 Å². The first-order valence-electron chi connectivity index (χ1n) is 9.48. The average Bonchev–Trinajstić information content (AvgIpc) is 3.23. The van der Waals surface area contributed by atoms with E-state index < -0.39 is 0 Å². The Balaban J connectivity index is 1.70. The van der Waals surface area contributed by atoms with Crippen LogP contribution < -0.4 is 4.90 Å². The summed E-state index contributed by atoms with van der Waals surface area (Å²) < 4.78 is 2.34. The van der Waals surface area contributed by atoms with E-state index in [9.17, 15) is 4.79 Å². The van der Waals surface area contributed by atoms with Crippen LogP contribution >= 0.6 is 0 Å². The average molecular weight is 347 g/mol. The zero-order chi connectivity index (χ0) is 18.1. The molecule has 1 saturated heterocycles. The molecule has 2 heterocycles. The molecular formula is C22H25N3O. The summed E-state index contributed by atoms with van der Waals surface area (Å²) in [7, 11) is 0. The van der Waals surface area contributed by atoms with E-state index in [2.05, 4.69) is 36.6 Å². The molecule has 4 nitrogen and oxygen atoms in total. The highest BCUT2D eigenvalue weighted by Gasteiger charge is 2.34. The van der Waals surface area contributed by atoms with Gasteiger partial charge in [0.15, 0.2) is 0 Å². The van der Waals surface area contributed by atoms with Crippen molar-refractivity contribution in [3.8, 4) is 0 Å². The van der Waals surface area contributed by atoms with Crippen molar-refractivity contribution in [1.29, 1.82) is 0 Å². The maximum Gasteiger partial charge on any atom is 0.227 e. The van der Waals surface area contributed by atoms with Crippen LogP contribution in [-0.4, -0.2) is 22.0 Å². The van der Waals surface area contributed by atoms with Crippen LogP contribution in [0.15, 0.2) is 54.6 Å². The number of anilines is 1. The minimum atomic E-state index is 0.138. The zero-order valence-electron chi connectivity index (χ0n) is 15.4. The van der Waals surface area contributed by atoms with Crippen molar-refractivity contribution >= 4 is 22.6 Å². The number of amides is 1. The molecule has 2 unspecified atom stereocenters. The second-order valence-corrected chi connectivity index (χ2v) is 7.32. The Bertz CT molecular complexity index is 916. The third-order valence-electron chi connectivity index (χ3n) is 5.43. The molecule has 1 amide bonds. The van der Waals surface area contributed by atoms with E-state index in [1.807, 2.05) is 41.3 Å². The normalized spacial score (nSPS) is 18.6. The molecule has 1 aliphatic rings. The van der Waals surface area contributed by atoms with Gasteiger partial charge in [-0.2, -0.15) is 0 Å². The smallest absolute Gasteiger partial charge is 0.227 e. The molecule has 26 heavy (non-hydrogen) atoms. The number of hydrogen-bond donors (Lipinski definition) is 0. The lowest BCUT2D eigenvalue weighted by molar-refractivity contribution is -0.117. The van der Waals surface area contributed by atoms with Crippen molar-refractivity contribution in [3.63, 3.8) is 0 Å². The number of carbonyl (C=O) groups is 1. The summed E-state index contributed by atoms with van der Waals surface area (Å²) in [6, 6.07) is 18.2. The van der Waals surface area contributed by atoms with Crippen LogP contribution in [0.1, 0.15) is 38.4 Å². The third kappa shape index (κ3) is 3.00. The summed E-state index contributed by atoms with van der Waals surface area (Å²) in [6.07, 6.45) is 1.66. The molecule has 4 rings (SSSR count). The number of fused-ring (bicyclic) bond motifs is 1. The molecule has 1 aliphatic heterocycles. The van der Waals surface area contributed by atoms with Gasteiger partial charge in [-0.3, -0.25) is 4.79 Å². The minimum Gasteiger partial charge on any atom is -0.327 e. The molecule has 1 aromatic heterocycles. The quantitative estimate of drug-likeness (QED) is 0.676. The van der Waals surface area contributed by atoms with Crippen LogP contribution in [0.2, 0.25) is 0 Å². The molecule has 0 aliphatic carbocycles. The number of rotatable bonds is 5. The van der Waals surface area contributed by atoms with Crippen LogP contribution in [0.5, 0.6) is 0 Å². The lowest BCUT2D eigenvalue weighted by atomic mass is 10.1. The van der Waals surface area contributed by atoms with Gasteiger partial charge < -0.3 is 9.47 Å². The lowest BCUT2D eigenvalue weighted by Gasteiger charge is -2.18. The monoisotopic (exact) mass is 347 g/mol. The van der Waals surface area contributed by atoms with Gasteiger partial charge in [0.1, 0.15) is 5.82 Å².